The second kappa shape index (κ2) is 12.0. The molecule has 152 valence electrons. The fourth-order valence-corrected chi connectivity index (χ4v) is 3.63. The summed E-state index contributed by atoms with van der Waals surface area (Å²) in [7, 11) is 0. The van der Waals surface area contributed by atoms with Gasteiger partial charge in [-0.1, -0.05) is 51.7 Å². The SMILES string of the molecule is CCCCCOc1ccc([C@H]2CC[C@H](OC(=O)[C@@H](F)CCCC)CC2)cc1. The van der Waals surface area contributed by atoms with E-state index < -0.39 is 12.1 Å². The zero-order valence-corrected chi connectivity index (χ0v) is 16.9. The van der Waals surface area contributed by atoms with Crippen LogP contribution < -0.4 is 4.74 Å². The van der Waals surface area contributed by atoms with Gasteiger partial charge in [0.25, 0.3) is 0 Å². The molecule has 0 unspecified atom stereocenters. The number of carbonyl (C=O) groups excluding carboxylic acids is 1. The Bertz CT molecular complexity index is 535. The van der Waals surface area contributed by atoms with Gasteiger partial charge < -0.3 is 9.47 Å². The van der Waals surface area contributed by atoms with Crippen molar-refractivity contribution in [1.82, 2.24) is 0 Å². The van der Waals surface area contributed by atoms with Gasteiger partial charge in [-0.2, -0.15) is 0 Å². The Morgan fingerprint density at radius 1 is 1.04 bits per heavy atom. The van der Waals surface area contributed by atoms with Gasteiger partial charge in [0.1, 0.15) is 11.9 Å². The van der Waals surface area contributed by atoms with Crippen LogP contribution >= 0.6 is 0 Å². The fourth-order valence-electron chi connectivity index (χ4n) is 3.63. The van der Waals surface area contributed by atoms with Crippen molar-refractivity contribution in [3.63, 3.8) is 0 Å². The maximum atomic E-state index is 13.8. The smallest absolute Gasteiger partial charge is 0.340 e. The highest BCUT2D eigenvalue weighted by Crippen LogP contribution is 2.35. The van der Waals surface area contributed by atoms with Crippen molar-refractivity contribution in [3.05, 3.63) is 29.8 Å². The quantitative estimate of drug-likeness (QED) is 0.332. The number of hydrogen-bond donors (Lipinski definition) is 0. The van der Waals surface area contributed by atoms with Gasteiger partial charge in [0, 0.05) is 0 Å². The molecule has 2 rings (SSSR count). The van der Waals surface area contributed by atoms with E-state index in [0.29, 0.717) is 5.92 Å². The van der Waals surface area contributed by atoms with Crippen molar-refractivity contribution >= 4 is 5.97 Å². The van der Waals surface area contributed by atoms with Crippen molar-refractivity contribution in [2.75, 3.05) is 6.61 Å². The van der Waals surface area contributed by atoms with Gasteiger partial charge in [-0.3, -0.25) is 0 Å². The molecular formula is C23H35FO3. The van der Waals surface area contributed by atoms with Crippen molar-refractivity contribution in [1.29, 1.82) is 0 Å². The highest BCUT2D eigenvalue weighted by Gasteiger charge is 2.27. The van der Waals surface area contributed by atoms with E-state index in [1.807, 2.05) is 6.92 Å². The average molecular weight is 379 g/mol. The molecule has 0 radical (unpaired) electrons. The topological polar surface area (TPSA) is 35.5 Å². The maximum Gasteiger partial charge on any atom is 0.340 e. The Kier molecular flexibility index (Phi) is 9.65. The fraction of sp³-hybridized carbons (Fsp3) is 0.696. The minimum atomic E-state index is -1.47. The summed E-state index contributed by atoms with van der Waals surface area (Å²) in [6, 6.07) is 8.40. The average Bonchev–Trinajstić information content (AvgIpc) is 2.70. The molecule has 1 aromatic carbocycles. The molecule has 0 saturated heterocycles. The van der Waals surface area contributed by atoms with Crippen LogP contribution in [0.15, 0.2) is 24.3 Å². The first-order valence-corrected chi connectivity index (χ1v) is 10.7. The first kappa shape index (κ1) is 21.7. The summed E-state index contributed by atoms with van der Waals surface area (Å²) in [5.74, 6) is 0.741. The molecular weight excluding hydrogens is 343 g/mol. The molecule has 0 aromatic heterocycles. The summed E-state index contributed by atoms with van der Waals surface area (Å²) in [5, 5.41) is 0. The normalized spacial score (nSPS) is 20.9. The molecule has 4 heteroatoms. The second-order valence-corrected chi connectivity index (χ2v) is 7.64. The first-order chi connectivity index (χ1) is 13.1. The molecule has 0 amide bonds. The first-order valence-electron chi connectivity index (χ1n) is 10.7. The van der Waals surface area contributed by atoms with E-state index in [9.17, 15) is 9.18 Å². The van der Waals surface area contributed by atoms with Crippen LogP contribution in [0.1, 0.15) is 89.5 Å². The number of esters is 1. The van der Waals surface area contributed by atoms with Crippen molar-refractivity contribution < 1.29 is 18.7 Å². The molecule has 1 aromatic rings. The molecule has 0 spiro atoms. The molecule has 1 atom stereocenters. The van der Waals surface area contributed by atoms with E-state index in [1.165, 1.54) is 18.4 Å². The highest BCUT2D eigenvalue weighted by atomic mass is 19.1. The van der Waals surface area contributed by atoms with Gasteiger partial charge in [0.2, 0.25) is 0 Å². The van der Waals surface area contributed by atoms with Gasteiger partial charge in [-0.25, -0.2) is 9.18 Å². The number of halogens is 1. The third-order valence-corrected chi connectivity index (χ3v) is 5.39. The Morgan fingerprint density at radius 2 is 1.70 bits per heavy atom. The van der Waals surface area contributed by atoms with E-state index in [-0.39, 0.29) is 12.5 Å². The molecule has 3 nitrogen and oxygen atoms in total. The van der Waals surface area contributed by atoms with E-state index in [0.717, 1.165) is 57.3 Å². The summed E-state index contributed by atoms with van der Waals surface area (Å²) in [4.78, 5) is 11.8. The van der Waals surface area contributed by atoms with E-state index in [4.69, 9.17) is 9.47 Å². The molecule has 0 N–H and O–H groups in total. The van der Waals surface area contributed by atoms with Crippen LogP contribution in [0, 0.1) is 0 Å². The predicted octanol–water partition coefficient (Wildman–Crippen LogP) is 6.35. The van der Waals surface area contributed by atoms with Crippen molar-refractivity contribution in [3.8, 4) is 5.75 Å². The van der Waals surface area contributed by atoms with Crippen LogP contribution in [0.4, 0.5) is 4.39 Å². The van der Waals surface area contributed by atoms with Crippen LogP contribution in [0.25, 0.3) is 0 Å². The van der Waals surface area contributed by atoms with Gasteiger partial charge in [0.05, 0.1) is 6.61 Å². The molecule has 1 fully saturated rings. The van der Waals surface area contributed by atoms with Gasteiger partial charge >= 0.3 is 5.97 Å². The van der Waals surface area contributed by atoms with Gasteiger partial charge in [-0.15, -0.1) is 0 Å². The third kappa shape index (κ3) is 7.51. The maximum absolute atomic E-state index is 13.8. The number of rotatable bonds is 11. The van der Waals surface area contributed by atoms with E-state index in [2.05, 4.69) is 31.2 Å². The summed E-state index contributed by atoms with van der Waals surface area (Å²) in [6.07, 6.45) is 7.36. The van der Waals surface area contributed by atoms with Gasteiger partial charge in [0.15, 0.2) is 6.17 Å². The Balaban J connectivity index is 1.72. The molecule has 27 heavy (non-hydrogen) atoms. The van der Waals surface area contributed by atoms with E-state index in [1.54, 1.807) is 0 Å². The lowest BCUT2D eigenvalue weighted by Crippen LogP contribution is -2.28. The number of alkyl halides is 1. The number of benzene rings is 1. The lowest BCUT2D eigenvalue weighted by Gasteiger charge is -2.29. The molecule has 0 bridgehead atoms. The number of ether oxygens (including phenoxy) is 2. The van der Waals surface area contributed by atoms with Crippen LogP contribution in [0.3, 0.4) is 0 Å². The monoisotopic (exact) mass is 378 g/mol. The Morgan fingerprint density at radius 3 is 2.33 bits per heavy atom. The molecule has 1 aliphatic rings. The van der Waals surface area contributed by atoms with Crippen molar-refractivity contribution in [2.45, 2.75) is 96.2 Å². The van der Waals surface area contributed by atoms with Crippen molar-refractivity contribution in [2.24, 2.45) is 0 Å². The molecule has 1 saturated carbocycles. The van der Waals surface area contributed by atoms with Crippen LogP contribution in [0.5, 0.6) is 5.75 Å². The second-order valence-electron chi connectivity index (χ2n) is 7.64. The van der Waals surface area contributed by atoms with Crippen LogP contribution in [0.2, 0.25) is 0 Å². The minimum Gasteiger partial charge on any atom is -0.494 e. The predicted molar refractivity (Wildman–Crippen MR) is 107 cm³/mol. The lowest BCUT2D eigenvalue weighted by molar-refractivity contribution is -0.157. The highest BCUT2D eigenvalue weighted by molar-refractivity contribution is 5.74. The summed E-state index contributed by atoms with van der Waals surface area (Å²) >= 11 is 0. The molecule has 0 aliphatic heterocycles. The zero-order chi connectivity index (χ0) is 19.5. The Hall–Kier alpha value is -1.58. The molecule has 1 aliphatic carbocycles. The minimum absolute atomic E-state index is 0.130. The number of hydrogen-bond acceptors (Lipinski definition) is 3. The largest absolute Gasteiger partial charge is 0.494 e. The summed E-state index contributed by atoms with van der Waals surface area (Å²) in [6.45, 7) is 4.95. The van der Waals surface area contributed by atoms with Crippen LogP contribution in [-0.4, -0.2) is 24.9 Å². The van der Waals surface area contributed by atoms with E-state index >= 15 is 0 Å². The lowest BCUT2D eigenvalue weighted by atomic mass is 9.83. The number of unbranched alkanes of at least 4 members (excludes halogenated alkanes) is 3. The zero-order valence-electron chi connectivity index (χ0n) is 16.9. The summed E-state index contributed by atoms with van der Waals surface area (Å²) < 4.78 is 24.9. The van der Waals surface area contributed by atoms with Gasteiger partial charge in [-0.05, 0) is 62.1 Å². The van der Waals surface area contributed by atoms with Crippen LogP contribution in [-0.2, 0) is 9.53 Å². The standard InChI is InChI=1S/C23H35FO3/c1-3-5-7-17-26-20-13-9-18(10-14-20)19-11-15-21(16-12-19)27-23(25)22(24)8-6-4-2/h9-10,13-14,19,21-22H,3-8,11-12,15-17H2,1-2H3/t19-,21-,22-/m0/s1. The number of carbonyl (C=O) groups is 1. The summed E-state index contributed by atoms with van der Waals surface area (Å²) in [5.41, 5.74) is 1.31. The third-order valence-electron chi connectivity index (χ3n) is 5.39. The molecule has 0 heterocycles. The Labute approximate surface area is 163 Å².